The van der Waals surface area contributed by atoms with Gasteiger partial charge in [0, 0.05) is 29.1 Å². The minimum Gasteiger partial charge on any atom is -0.382 e. The number of hydrogen-bond donors (Lipinski definition) is 1. The van der Waals surface area contributed by atoms with E-state index in [9.17, 15) is 10.1 Å². The molecule has 1 rings (SSSR count). The van der Waals surface area contributed by atoms with E-state index in [1.165, 1.54) is 0 Å². The van der Waals surface area contributed by atoms with Gasteiger partial charge in [-0.3, -0.25) is 10.1 Å². The first-order valence-electron chi connectivity index (χ1n) is 5.05. The normalized spacial score (nSPS) is 12.2. The van der Waals surface area contributed by atoms with E-state index in [1.807, 2.05) is 12.3 Å². The van der Waals surface area contributed by atoms with Crippen molar-refractivity contribution in [1.82, 2.24) is 0 Å². The predicted molar refractivity (Wildman–Crippen MR) is 69.3 cm³/mol. The maximum atomic E-state index is 10.8. The molecule has 0 saturated carbocycles. The summed E-state index contributed by atoms with van der Waals surface area (Å²) in [7, 11) is 0. The zero-order chi connectivity index (χ0) is 12.1. The minimum absolute atomic E-state index is 0.168. The number of aryl methyl sites for hydroxylation is 1. The van der Waals surface area contributed by atoms with Gasteiger partial charge < -0.3 is 5.32 Å². The molecule has 0 amide bonds. The number of nitrogens with one attached hydrogen (secondary N) is 1. The van der Waals surface area contributed by atoms with E-state index >= 15 is 0 Å². The topological polar surface area (TPSA) is 55.2 Å². The number of hydrogen-bond acceptors (Lipinski definition) is 4. The van der Waals surface area contributed by atoms with Gasteiger partial charge in [-0.2, -0.15) is 11.8 Å². The zero-order valence-corrected chi connectivity index (χ0v) is 10.5. The molecule has 0 aliphatic heterocycles. The third-order valence-electron chi connectivity index (χ3n) is 2.24. The van der Waals surface area contributed by atoms with E-state index in [2.05, 4.69) is 12.2 Å². The van der Waals surface area contributed by atoms with Gasteiger partial charge in [0.1, 0.15) is 0 Å². The highest BCUT2D eigenvalue weighted by atomic mass is 32.2. The largest absolute Gasteiger partial charge is 0.382 e. The van der Waals surface area contributed by atoms with Gasteiger partial charge in [0.25, 0.3) is 5.69 Å². The summed E-state index contributed by atoms with van der Waals surface area (Å²) in [5.74, 6) is 0.974. The molecule has 0 spiro atoms. The minimum atomic E-state index is -0.347. The average Bonchev–Trinajstić information content (AvgIpc) is 2.21. The molecule has 1 aromatic carbocycles. The Morgan fingerprint density at radius 1 is 1.56 bits per heavy atom. The summed E-state index contributed by atoms with van der Waals surface area (Å²) < 4.78 is 0. The Bertz CT molecular complexity index is 382. The van der Waals surface area contributed by atoms with Gasteiger partial charge in [0.2, 0.25) is 0 Å². The maximum absolute atomic E-state index is 10.8. The fourth-order valence-corrected chi connectivity index (χ4v) is 2.06. The standard InChI is InChI=1S/C11H16N2O2S/c1-8-4-5-10(6-11(8)13(14)15)12-9(2)7-16-3/h4-6,9,12H,7H2,1-3H3. The van der Waals surface area contributed by atoms with E-state index in [4.69, 9.17) is 0 Å². The monoisotopic (exact) mass is 240 g/mol. The number of nitro benzene ring substituents is 1. The number of nitro groups is 1. The molecule has 0 fully saturated rings. The van der Waals surface area contributed by atoms with Crippen molar-refractivity contribution in [1.29, 1.82) is 0 Å². The van der Waals surface area contributed by atoms with E-state index in [0.717, 1.165) is 11.4 Å². The molecule has 1 N–H and O–H groups in total. The van der Waals surface area contributed by atoms with Crippen LogP contribution in [0.25, 0.3) is 0 Å². The highest BCUT2D eigenvalue weighted by Crippen LogP contribution is 2.22. The van der Waals surface area contributed by atoms with Gasteiger partial charge in [-0.15, -0.1) is 0 Å². The molecule has 16 heavy (non-hydrogen) atoms. The number of nitrogens with zero attached hydrogens (tertiary/aromatic N) is 1. The lowest BCUT2D eigenvalue weighted by molar-refractivity contribution is -0.385. The second-order valence-electron chi connectivity index (χ2n) is 3.76. The first-order chi connectivity index (χ1) is 7.54. The number of thioether (sulfide) groups is 1. The Balaban J connectivity index is 2.82. The molecule has 4 nitrogen and oxygen atoms in total. The lowest BCUT2D eigenvalue weighted by Crippen LogP contribution is -2.17. The molecule has 1 aromatic rings. The molecule has 0 saturated heterocycles. The summed E-state index contributed by atoms with van der Waals surface area (Å²) in [6.45, 7) is 3.80. The van der Waals surface area contributed by atoms with E-state index in [1.54, 1.807) is 30.8 Å². The fourth-order valence-electron chi connectivity index (χ4n) is 1.47. The van der Waals surface area contributed by atoms with Gasteiger partial charge in [0.05, 0.1) is 4.92 Å². The first kappa shape index (κ1) is 12.8. The Labute approximate surface area is 99.6 Å². The lowest BCUT2D eigenvalue weighted by atomic mass is 10.2. The molecule has 0 bridgehead atoms. The van der Waals surface area contributed by atoms with Crippen molar-refractivity contribution >= 4 is 23.1 Å². The van der Waals surface area contributed by atoms with Crippen molar-refractivity contribution in [3.05, 3.63) is 33.9 Å². The predicted octanol–water partition coefficient (Wildman–Crippen LogP) is 3.07. The van der Waals surface area contributed by atoms with Crippen LogP contribution in [0.2, 0.25) is 0 Å². The SMILES string of the molecule is CSCC(C)Nc1ccc(C)c([N+](=O)[O-])c1. The van der Waals surface area contributed by atoms with Gasteiger partial charge in [-0.1, -0.05) is 6.07 Å². The summed E-state index contributed by atoms with van der Waals surface area (Å²) in [5, 5.41) is 14.0. The number of anilines is 1. The van der Waals surface area contributed by atoms with Crippen LogP contribution in [0.4, 0.5) is 11.4 Å². The highest BCUT2D eigenvalue weighted by molar-refractivity contribution is 7.98. The summed E-state index contributed by atoms with van der Waals surface area (Å²) >= 11 is 1.75. The van der Waals surface area contributed by atoms with Crippen LogP contribution in [0.3, 0.4) is 0 Å². The quantitative estimate of drug-likeness (QED) is 0.634. The van der Waals surface area contributed by atoms with Crippen molar-refractivity contribution in [3.63, 3.8) is 0 Å². The highest BCUT2D eigenvalue weighted by Gasteiger charge is 2.11. The van der Waals surface area contributed by atoms with Crippen molar-refractivity contribution in [2.45, 2.75) is 19.9 Å². The van der Waals surface area contributed by atoms with Crippen molar-refractivity contribution in [3.8, 4) is 0 Å². The summed E-state index contributed by atoms with van der Waals surface area (Å²) in [4.78, 5) is 10.4. The van der Waals surface area contributed by atoms with Crippen LogP contribution in [-0.2, 0) is 0 Å². The van der Waals surface area contributed by atoms with Crippen LogP contribution in [-0.4, -0.2) is 23.0 Å². The second kappa shape index (κ2) is 5.75. The maximum Gasteiger partial charge on any atom is 0.274 e. The molecule has 0 aliphatic rings. The van der Waals surface area contributed by atoms with Gasteiger partial charge in [-0.05, 0) is 26.2 Å². The number of benzene rings is 1. The molecule has 88 valence electrons. The van der Waals surface area contributed by atoms with Gasteiger partial charge in [0.15, 0.2) is 0 Å². The number of rotatable bonds is 5. The smallest absolute Gasteiger partial charge is 0.274 e. The molecular weight excluding hydrogens is 224 g/mol. The van der Waals surface area contributed by atoms with Crippen molar-refractivity contribution in [2.75, 3.05) is 17.3 Å². The van der Waals surface area contributed by atoms with Gasteiger partial charge in [-0.25, -0.2) is 0 Å². The Morgan fingerprint density at radius 3 is 2.81 bits per heavy atom. The Morgan fingerprint density at radius 2 is 2.25 bits per heavy atom. The van der Waals surface area contributed by atoms with Gasteiger partial charge >= 0.3 is 0 Å². The molecule has 0 aromatic heterocycles. The molecule has 5 heteroatoms. The van der Waals surface area contributed by atoms with Crippen LogP contribution < -0.4 is 5.32 Å². The Hall–Kier alpha value is -1.23. The third kappa shape index (κ3) is 3.41. The third-order valence-corrected chi connectivity index (χ3v) is 3.07. The molecule has 1 unspecified atom stereocenters. The van der Waals surface area contributed by atoms with Crippen LogP contribution in [0, 0.1) is 17.0 Å². The van der Waals surface area contributed by atoms with Crippen LogP contribution in [0.1, 0.15) is 12.5 Å². The van der Waals surface area contributed by atoms with E-state index in [0.29, 0.717) is 11.6 Å². The molecule has 0 aliphatic carbocycles. The van der Waals surface area contributed by atoms with E-state index < -0.39 is 0 Å². The summed E-state index contributed by atoms with van der Waals surface area (Å²) in [6, 6.07) is 5.54. The summed E-state index contributed by atoms with van der Waals surface area (Å²) in [5.41, 5.74) is 1.66. The van der Waals surface area contributed by atoms with Crippen LogP contribution in [0.5, 0.6) is 0 Å². The van der Waals surface area contributed by atoms with Crippen LogP contribution >= 0.6 is 11.8 Å². The second-order valence-corrected chi connectivity index (χ2v) is 4.67. The molecule has 0 heterocycles. The zero-order valence-electron chi connectivity index (χ0n) is 9.69. The fraction of sp³-hybridized carbons (Fsp3) is 0.455. The average molecular weight is 240 g/mol. The van der Waals surface area contributed by atoms with Crippen molar-refractivity contribution < 1.29 is 4.92 Å². The molecular formula is C11H16N2O2S. The van der Waals surface area contributed by atoms with Crippen LogP contribution in [0.15, 0.2) is 18.2 Å². The lowest BCUT2D eigenvalue weighted by Gasteiger charge is -2.13. The van der Waals surface area contributed by atoms with E-state index in [-0.39, 0.29) is 10.6 Å². The molecule has 1 atom stereocenters. The van der Waals surface area contributed by atoms with Crippen molar-refractivity contribution in [2.24, 2.45) is 0 Å². The summed E-state index contributed by atoms with van der Waals surface area (Å²) in [6.07, 6.45) is 2.04. The Kier molecular flexibility index (Phi) is 4.61. The molecule has 0 radical (unpaired) electrons. The first-order valence-corrected chi connectivity index (χ1v) is 6.44.